The van der Waals surface area contributed by atoms with Crippen LogP contribution < -0.4 is 0 Å². The zero-order chi connectivity index (χ0) is 7.61. The summed E-state index contributed by atoms with van der Waals surface area (Å²) in [4.78, 5) is 10.3. The topological polar surface area (TPSA) is 18.5 Å². The molecule has 1 aliphatic heterocycles. The first-order chi connectivity index (χ1) is 4.60. The molecule has 0 aromatic rings. The van der Waals surface area contributed by atoms with Gasteiger partial charge in [-0.2, -0.15) is 0 Å². The molecule has 0 amide bonds. The van der Waals surface area contributed by atoms with Crippen molar-refractivity contribution in [2.45, 2.75) is 51.7 Å². The van der Waals surface area contributed by atoms with E-state index >= 15 is 0 Å². The number of rotatable bonds is 0. The summed E-state index contributed by atoms with van der Waals surface area (Å²) in [5, 5.41) is 0. The Balaban J connectivity index is 2.41. The van der Waals surface area contributed by atoms with Gasteiger partial charge in [0.05, 0.1) is 11.7 Å². The minimum Gasteiger partial charge on any atom is -0.233 e. The Morgan fingerprint density at radius 3 is 2.80 bits per heavy atom. The molecule has 0 saturated carbocycles. The number of hydrogen-bond acceptors (Lipinski definition) is 2. The van der Waals surface area contributed by atoms with Crippen LogP contribution in [0.4, 0.5) is 0 Å². The molecule has 0 bridgehead atoms. The maximum absolute atomic E-state index is 5.20. The van der Waals surface area contributed by atoms with Crippen molar-refractivity contribution < 1.29 is 9.78 Å². The predicted molar refractivity (Wildman–Crippen MR) is 39.6 cm³/mol. The van der Waals surface area contributed by atoms with E-state index in [2.05, 4.69) is 13.8 Å². The zero-order valence-corrected chi connectivity index (χ0v) is 7.02. The maximum Gasteiger partial charge on any atom is 0.0980 e. The normalized spacial score (nSPS) is 33.3. The van der Waals surface area contributed by atoms with Crippen molar-refractivity contribution in [1.82, 2.24) is 0 Å². The Hall–Kier alpha value is -0.0800. The lowest BCUT2D eigenvalue weighted by atomic mass is 10.0. The van der Waals surface area contributed by atoms with Crippen molar-refractivity contribution in [1.29, 1.82) is 0 Å². The summed E-state index contributed by atoms with van der Waals surface area (Å²) in [5.41, 5.74) is -0.0786. The fourth-order valence-electron chi connectivity index (χ4n) is 1.12. The van der Waals surface area contributed by atoms with Crippen molar-refractivity contribution in [3.8, 4) is 0 Å². The molecular weight excluding hydrogens is 128 g/mol. The molecule has 0 aromatic carbocycles. The van der Waals surface area contributed by atoms with Crippen LogP contribution in [0.25, 0.3) is 0 Å². The third kappa shape index (κ3) is 2.27. The van der Waals surface area contributed by atoms with Gasteiger partial charge in [0.2, 0.25) is 0 Å². The highest BCUT2D eigenvalue weighted by atomic mass is 17.2. The van der Waals surface area contributed by atoms with Crippen LogP contribution in [0.1, 0.15) is 40.0 Å². The van der Waals surface area contributed by atoms with Gasteiger partial charge in [-0.15, -0.1) is 0 Å². The van der Waals surface area contributed by atoms with E-state index in [9.17, 15) is 0 Å². The van der Waals surface area contributed by atoms with Gasteiger partial charge < -0.3 is 0 Å². The van der Waals surface area contributed by atoms with E-state index in [-0.39, 0.29) is 11.7 Å². The van der Waals surface area contributed by atoms with E-state index in [1.165, 1.54) is 6.42 Å². The Labute approximate surface area is 62.4 Å². The fourth-order valence-corrected chi connectivity index (χ4v) is 1.12. The van der Waals surface area contributed by atoms with Gasteiger partial charge in [0.1, 0.15) is 0 Å². The lowest BCUT2D eigenvalue weighted by molar-refractivity contribution is -0.367. The molecule has 0 aliphatic carbocycles. The van der Waals surface area contributed by atoms with Crippen LogP contribution in [0, 0.1) is 0 Å². The van der Waals surface area contributed by atoms with E-state index in [0.29, 0.717) is 0 Å². The second-order valence-corrected chi connectivity index (χ2v) is 3.64. The molecule has 1 unspecified atom stereocenters. The molecule has 1 heterocycles. The minimum atomic E-state index is -0.0786. The Morgan fingerprint density at radius 1 is 1.40 bits per heavy atom. The molecule has 1 fully saturated rings. The van der Waals surface area contributed by atoms with E-state index in [1.807, 2.05) is 6.92 Å². The first-order valence-electron chi connectivity index (χ1n) is 3.95. The summed E-state index contributed by atoms with van der Waals surface area (Å²) in [5.74, 6) is 0. The maximum atomic E-state index is 5.20. The van der Waals surface area contributed by atoms with Gasteiger partial charge in [-0.3, -0.25) is 0 Å². The van der Waals surface area contributed by atoms with Crippen molar-refractivity contribution >= 4 is 0 Å². The van der Waals surface area contributed by atoms with Gasteiger partial charge in [-0.05, 0) is 40.0 Å². The van der Waals surface area contributed by atoms with Gasteiger partial charge in [-0.1, -0.05) is 0 Å². The highest BCUT2D eigenvalue weighted by molar-refractivity contribution is 4.69. The van der Waals surface area contributed by atoms with Crippen LogP contribution in [-0.4, -0.2) is 11.7 Å². The first-order valence-corrected chi connectivity index (χ1v) is 3.95. The molecule has 0 aromatic heterocycles. The first kappa shape index (κ1) is 8.02. The lowest BCUT2D eigenvalue weighted by Crippen LogP contribution is -2.23. The molecule has 1 atom stereocenters. The predicted octanol–water partition coefficient (Wildman–Crippen LogP) is 2.29. The molecule has 0 radical (unpaired) electrons. The van der Waals surface area contributed by atoms with E-state index in [4.69, 9.17) is 9.78 Å². The lowest BCUT2D eigenvalue weighted by Gasteiger charge is -2.20. The SMILES string of the molecule is CC1CCCC(C)(C)OO1. The summed E-state index contributed by atoms with van der Waals surface area (Å²) in [6.45, 7) is 6.16. The highest BCUT2D eigenvalue weighted by Gasteiger charge is 2.24. The molecule has 1 saturated heterocycles. The average molecular weight is 144 g/mol. The van der Waals surface area contributed by atoms with Crippen molar-refractivity contribution in [3.63, 3.8) is 0 Å². The third-order valence-corrected chi connectivity index (χ3v) is 1.83. The molecule has 1 rings (SSSR count). The minimum absolute atomic E-state index is 0.0786. The Morgan fingerprint density at radius 2 is 2.10 bits per heavy atom. The Bertz CT molecular complexity index is 110. The van der Waals surface area contributed by atoms with Crippen LogP contribution in [-0.2, 0) is 9.78 Å². The second kappa shape index (κ2) is 2.89. The summed E-state index contributed by atoms with van der Waals surface area (Å²) >= 11 is 0. The Kier molecular flexibility index (Phi) is 2.32. The molecule has 0 N–H and O–H groups in total. The average Bonchev–Trinajstić information content (AvgIpc) is 1.94. The van der Waals surface area contributed by atoms with E-state index < -0.39 is 0 Å². The summed E-state index contributed by atoms with van der Waals surface area (Å²) in [6, 6.07) is 0. The quantitative estimate of drug-likeness (QED) is 0.485. The third-order valence-electron chi connectivity index (χ3n) is 1.83. The van der Waals surface area contributed by atoms with Gasteiger partial charge in [-0.25, -0.2) is 9.78 Å². The second-order valence-electron chi connectivity index (χ2n) is 3.64. The van der Waals surface area contributed by atoms with Crippen LogP contribution in [0.3, 0.4) is 0 Å². The van der Waals surface area contributed by atoms with Gasteiger partial charge in [0, 0.05) is 0 Å². The summed E-state index contributed by atoms with van der Waals surface area (Å²) in [7, 11) is 0. The standard InChI is InChI=1S/C8H16O2/c1-7-5-4-6-8(2,3)10-9-7/h7H,4-6H2,1-3H3. The van der Waals surface area contributed by atoms with Crippen LogP contribution >= 0.6 is 0 Å². The summed E-state index contributed by atoms with van der Waals surface area (Å²) < 4.78 is 0. The van der Waals surface area contributed by atoms with E-state index in [1.54, 1.807) is 0 Å². The molecular formula is C8H16O2. The van der Waals surface area contributed by atoms with E-state index in [0.717, 1.165) is 12.8 Å². The molecule has 2 heteroatoms. The van der Waals surface area contributed by atoms with Crippen molar-refractivity contribution in [2.24, 2.45) is 0 Å². The molecule has 60 valence electrons. The number of hydrogen-bond donors (Lipinski definition) is 0. The van der Waals surface area contributed by atoms with Crippen LogP contribution in [0.15, 0.2) is 0 Å². The fraction of sp³-hybridized carbons (Fsp3) is 1.00. The van der Waals surface area contributed by atoms with Gasteiger partial charge >= 0.3 is 0 Å². The zero-order valence-electron chi connectivity index (χ0n) is 7.02. The molecule has 2 nitrogen and oxygen atoms in total. The smallest absolute Gasteiger partial charge is 0.0980 e. The highest BCUT2D eigenvalue weighted by Crippen LogP contribution is 2.24. The molecule has 1 aliphatic rings. The van der Waals surface area contributed by atoms with Gasteiger partial charge in [0.15, 0.2) is 0 Å². The monoisotopic (exact) mass is 144 g/mol. The van der Waals surface area contributed by atoms with Crippen molar-refractivity contribution in [2.75, 3.05) is 0 Å². The van der Waals surface area contributed by atoms with Crippen molar-refractivity contribution in [3.05, 3.63) is 0 Å². The largest absolute Gasteiger partial charge is 0.233 e. The summed E-state index contributed by atoms with van der Waals surface area (Å²) in [6.07, 6.45) is 3.68. The van der Waals surface area contributed by atoms with Crippen LogP contribution in [0.2, 0.25) is 0 Å². The van der Waals surface area contributed by atoms with Crippen LogP contribution in [0.5, 0.6) is 0 Å². The van der Waals surface area contributed by atoms with Gasteiger partial charge in [0.25, 0.3) is 0 Å². The molecule has 10 heavy (non-hydrogen) atoms. The molecule has 0 spiro atoms.